The number of nitrogens with zero attached hydrogens (tertiary/aromatic N) is 1. The Kier molecular flexibility index (Phi) is 9.23. The number of para-hydroxylation sites is 1. The normalized spacial score (nSPS) is 16.7. The Balaban J connectivity index is 0.00000312. The van der Waals surface area contributed by atoms with E-state index in [0.29, 0.717) is 19.6 Å². The maximum atomic E-state index is 13.5. The molecule has 2 rings (SSSR count). The van der Waals surface area contributed by atoms with Crippen molar-refractivity contribution >= 4 is 24.2 Å². The van der Waals surface area contributed by atoms with Gasteiger partial charge in [0.15, 0.2) is 18.2 Å². The smallest absolute Gasteiger partial charge is 0.260 e. The van der Waals surface area contributed by atoms with Crippen molar-refractivity contribution in [2.45, 2.75) is 31.7 Å². The molecule has 1 aliphatic rings. The number of hydrogen-bond donors (Lipinski definition) is 2. The summed E-state index contributed by atoms with van der Waals surface area (Å²) in [4.78, 5) is 25.7. The van der Waals surface area contributed by atoms with E-state index in [1.54, 1.807) is 17.0 Å². The molecule has 1 fully saturated rings. The first-order valence-corrected chi connectivity index (χ1v) is 8.25. The molecule has 0 aromatic heterocycles. The second-order valence-electron chi connectivity index (χ2n) is 5.80. The van der Waals surface area contributed by atoms with Crippen molar-refractivity contribution in [1.29, 1.82) is 0 Å². The standard InChI is InChI=1S/C17H24FN3O3.ClH/c18-14-6-1-2-7-15(14)24-12-17(23)21-10-4-3-5-13(21)11-20-16(22)8-9-19;/h1-2,6-7,13H,3-5,8-12,19H2,(H,20,22);1H. The van der Waals surface area contributed by atoms with Crippen LogP contribution in [0.3, 0.4) is 0 Å². The highest BCUT2D eigenvalue weighted by Gasteiger charge is 2.27. The van der Waals surface area contributed by atoms with Crippen LogP contribution >= 0.6 is 12.4 Å². The van der Waals surface area contributed by atoms with Crippen LogP contribution < -0.4 is 15.8 Å². The number of piperidine rings is 1. The summed E-state index contributed by atoms with van der Waals surface area (Å²) < 4.78 is 18.8. The molecule has 6 nitrogen and oxygen atoms in total. The highest BCUT2D eigenvalue weighted by molar-refractivity contribution is 5.85. The molecule has 8 heteroatoms. The van der Waals surface area contributed by atoms with Gasteiger partial charge < -0.3 is 20.7 Å². The summed E-state index contributed by atoms with van der Waals surface area (Å²) in [6.07, 6.45) is 3.03. The van der Waals surface area contributed by atoms with Gasteiger partial charge in [-0.25, -0.2) is 4.39 Å². The fourth-order valence-electron chi connectivity index (χ4n) is 2.78. The largest absolute Gasteiger partial charge is 0.481 e. The zero-order valence-corrected chi connectivity index (χ0v) is 14.9. The number of carbonyl (C=O) groups is 2. The molecule has 1 aromatic rings. The second-order valence-corrected chi connectivity index (χ2v) is 5.80. The molecule has 140 valence electrons. The highest BCUT2D eigenvalue weighted by Crippen LogP contribution is 2.19. The Morgan fingerprint density at radius 3 is 2.80 bits per heavy atom. The molecule has 25 heavy (non-hydrogen) atoms. The van der Waals surface area contributed by atoms with Crippen molar-refractivity contribution in [2.75, 3.05) is 26.2 Å². The first kappa shape index (κ1) is 21.2. The molecule has 1 aromatic carbocycles. The van der Waals surface area contributed by atoms with Gasteiger partial charge in [0.2, 0.25) is 5.91 Å². The van der Waals surface area contributed by atoms with Crippen molar-refractivity contribution in [3.63, 3.8) is 0 Å². The third-order valence-corrected chi connectivity index (χ3v) is 4.04. The average molecular weight is 374 g/mol. The van der Waals surface area contributed by atoms with Crippen LogP contribution in [-0.4, -0.2) is 49.0 Å². The highest BCUT2D eigenvalue weighted by atomic mass is 35.5. The number of hydrogen-bond acceptors (Lipinski definition) is 4. The molecule has 1 saturated heterocycles. The minimum absolute atomic E-state index is 0. The Bertz CT molecular complexity index is 574. The second kappa shape index (κ2) is 10.9. The Hall–Kier alpha value is -1.86. The van der Waals surface area contributed by atoms with Crippen LogP contribution in [0.15, 0.2) is 24.3 Å². The van der Waals surface area contributed by atoms with Gasteiger partial charge in [0.25, 0.3) is 5.91 Å². The maximum absolute atomic E-state index is 13.5. The molecule has 0 radical (unpaired) electrons. The van der Waals surface area contributed by atoms with Crippen molar-refractivity contribution in [2.24, 2.45) is 5.73 Å². The molecule has 1 aliphatic heterocycles. The van der Waals surface area contributed by atoms with E-state index in [9.17, 15) is 14.0 Å². The van der Waals surface area contributed by atoms with Crippen molar-refractivity contribution in [3.8, 4) is 5.75 Å². The molecule has 0 bridgehead atoms. The Labute approximate surface area is 153 Å². The third kappa shape index (κ3) is 6.51. The minimum Gasteiger partial charge on any atom is -0.481 e. The monoisotopic (exact) mass is 373 g/mol. The van der Waals surface area contributed by atoms with Crippen LogP contribution in [0.5, 0.6) is 5.75 Å². The maximum Gasteiger partial charge on any atom is 0.260 e. The lowest BCUT2D eigenvalue weighted by Crippen LogP contribution is -2.50. The van der Waals surface area contributed by atoms with Crippen LogP contribution in [0.4, 0.5) is 4.39 Å². The molecule has 1 atom stereocenters. The average Bonchev–Trinajstić information content (AvgIpc) is 2.59. The number of nitrogens with one attached hydrogen (secondary N) is 1. The van der Waals surface area contributed by atoms with E-state index < -0.39 is 5.82 Å². The van der Waals surface area contributed by atoms with Crippen LogP contribution in [0.2, 0.25) is 0 Å². The zero-order chi connectivity index (χ0) is 17.4. The first-order valence-electron chi connectivity index (χ1n) is 8.25. The fourth-order valence-corrected chi connectivity index (χ4v) is 2.78. The summed E-state index contributed by atoms with van der Waals surface area (Å²) in [6.45, 7) is 1.12. The van der Waals surface area contributed by atoms with E-state index in [-0.39, 0.29) is 49.0 Å². The number of amides is 2. The number of rotatable bonds is 7. The molecule has 3 N–H and O–H groups in total. The molecular weight excluding hydrogens is 349 g/mol. The SMILES string of the molecule is Cl.NCCC(=O)NCC1CCCCN1C(=O)COc1ccccc1F. The van der Waals surface area contributed by atoms with Gasteiger partial charge >= 0.3 is 0 Å². The van der Waals surface area contributed by atoms with Crippen molar-refractivity contribution in [1.82, 2.24) is 10.2 Å². The number of nitrogens with two attached hydrogens (primary N) is 1. The third-order valence-electron chi connectivity index (χ3n) is 4.04. The van der Waals surface area contributed by atoms with Crippen LogP contribution in [0, 0.1) is 5.82 Å². The quantitative estimate of drug-likeness (QED) is 0.758. The minimum atomic E-state index is -0.491. The molecular formula is C17H25ClFN3O3. The van der Waals surface area contributed by atoms with E-state index in [4.69, 9.17) is 10.5 Å². The van der Waals surface area contributed by atoms with Crippen LogP contribution in [0.1, 0.15) is 25.7 Å². The lowest BCUT2D eigenvalue weighted by Gasteiger charge is -2.35. The fraction of sp³-hybridized carbons (Fsp3) is 0.529. The van der Waals surface area contributed by atoms with Gasteiger partial charge in [-0.15, -0.1) is 12.4 Å². The van der Waals surface area contributed by atoms with Gasteiger partial charge in [-0.2, -0.15) is 0 Å². The number of likely N-dealkylation sites (tertiary alicyclic amines) is 1. The number of benzene rings is 1. The predicted octanol–water partition coefficient (Wildman–Crippen LogP) is 1.47. The van der Waals surface area contributed by atoms with Gasteiger partial charge in [0, 0.05) is 32.1 Å². The lowest BCUT2D eigenvalue weighted by atomic mass is 10.0. The van der Waals surface area contributed by atoms with Gasteiger partial charge in [-0.3, -0.25) is 9.59 Å². The van der Waals surface area contributed by atoms with Gasteiger partial charge in [-0.1, -0.05) is 12.1 Å². The summed E-state index contributed by atoms with van der Waals surface area (Å²) in [7, 11) is 0. The number of halogens is 2. The predicted molar refractivity (Wildman–Crippen MR) is 95.2 cm³/mol. The van der Waals surface area contributed by atoms with E-state index >= 15 is 0 Å². The van der Waals surface area contributed by atoms with Crippen molar-refractivity contribution in [3.05, 3.63) is 30.1 Å². The summed E-state index contributed by atoms with van der Waals surface area (Å²) >= 11 is 0. The summed E-state index contributed by atoms with van der Waals surface area (Å²) in [5.74, 6) is -0.737. The van der Waals surface area contributed by atoms with E-state index in [1.807, 2.05) is 0 Å². The summed E-state index contributed by atoms with van der Waals surface area (Å²) in [6, 6.07) is 5.94. The Morgan fingerprint density at radius 2 is 2.08 bits per heavy atom. The molecule has 0 saturated carbocycles. The molecule has 1 heterocycles. The lowest BCUT2D eigenvalue weighted by molar-refractivity contribution is -0.137. The summed E-state index contributed by atoms with van der Waals surface area (Å²) in [5.41, 5.74) is 5.35. The number of carbonyl (C=O) groups excluding carboxylic acids is 2. The van der Waals surface area contributed by atoms with Gasteiger partial charge in [-0.05, 0) is 31.4 Å². The number of ether oxygens (including phenoxy) is 1. The Morgan fingerprint density at radius 1 is 1.32 bits per heavy atom. The van der Waals surface area contributed by atoms with Gasteiger partial charge in [0.05, 0.1) is 0 Å². The molecule has 0 aliphatic carbocycles. The van der Waals surface area contributed by atoms with E-state index in [1.165, 1.54) is 12.1 Å². The molecule has 0 spiro atoms. The summed E-state index contributed by atoms with van der Waals surface area (Å²) in [5, 5.41) is 2.81. The van der Waals surface area contributed by atoms with Gasteiger partial charge in [0.1, 0.15) is 0 Å². The van der Waals surface area contributed by atoms with Crippen molar-refractivity contribution < 1.29 is 18.7 Å². The zero-order valence-electron chi connectivity index (χ0n) is 14.1. The molecule has 2 amide bonds. The topological polar surface area (TPSA) is 84.7 Å². The van der Waals surface area contributed by atoms with Crippen LogP contribution in [-0.2, 0) is 9.59 Å². The van der Waals surface area contributed by atoms with E-state index in [2.05, 4.69) is 5.32 Å². The van der Waals surface area contributed by atoms with Crippen LogP contribution in [0.25, 0.3) is 0 Å². The van der Waals surface area contributed by atoms with E-state index in [0.717, 1.165) is 19.3 Å². The first-order chi connectivity index (χ1) is 11.6. The molecule has 1 unspecified atom stereocenters.